The summed E-state index contributed by atoms with van der Waals surface area (Å²) in [6.45, 7) is 0. The van der Waals surface area contributed by atoms with Crippen molar-refractivity contribution in [3.05, 3.63) is 19.8 Å². The summed E-state index contributed by atoms with van der Waals surface area (Å²) in [7, 11) is 1.17. The van der Waals surface area contributed by atoms with Crippen LogP contribution in [0.1, 0.15) is 0 Å². The number of methoxy groups -OCH3 is 1. The van der Waals surface area contributed by atoms with Gasteiger partial charge in [0, 0.05) is 6.07 Å². The number of halogens is 4. The molecule has 0 radical (unpaired) electrons. The maximum atomic E-state index is 12.0. The van der Waals surface area contributed by atoms with E-state index in [1.165, 1.54) is 7.11 Å². The molecule has 0 fully saturated rings. The number of alkyl halides is 3. The van der Waals surface area contributed by atoms with Crippen LogP contribution >= 0.6 is 22.6 Å². The number of nitrogens with zero attached hydrogens (tertiary/aromatic N) is 2. The van der Waals surface area contributed by atoms with Gasteiger partial charge in [-0.25, -0.2) is 0 Å². The van der Waals surface area contributed by atoms with Gasteiger partial charge in [0.2, 0.25) is 5.88 Å². The number of rotatable bonds is 3. The molecule has 0 saturated carbocycles. The minimum Gasteiger partial charge on any atom is -0.480 e. The molecule has 0 aromatic carbocycles. The lowest BCUT2D eigenvalue weighted by Crippen LogP contribution is -2.19. The Morgan fingerprint density at radius 3 is 2.47 bits per heavy atom. The molecule has 0 saturated heterocycles. The Kier molecular flexibility index (Phi) is 3.95. The lowest BCUT2D eigenvalue weighted by molar-refractivity contribution is -0.389. The highest BCUT2D eigenvalue weighted by atomic mass is 127. The summed E-state index contributed by atoms with van der Waals surface area (Å²) in [5.74, 6) is -1.34. The van der Waals surface area contributed by atoms with E-state index in [9.17, 15) is 23.3 Å². The molecule has 1 rings (SSSR count). The zero-order valence-electron chi connectivity index (χ0n) is 8.12. The van der Waals surface area contributed by atoms with Gasteiger partial charge in [0.05, 0.1) is 15.6 Å². The number of hydrogen-bond acceptors (Lipinski definition) is 5. The van der Waals surface area contributed by atoms with Crippen LogP contribution in [0.5, 0.6) is 11.8 Å². The van der Waals surface area contributed by atoms with Gasteiger partial charge in [0.1, 0.15) is 0 Å². The van der Waals surface area contributed by atoms with E-state index in [0.717, 1.165) is 6.07 Å². The average Bonchev–Trinajstić information content (AvgIpc) is 2.17. The van der Waals surface area contributed by atoms with Gasteiger partial charge >= 0.3 is 17.9 Å². The van der Waals surface area contributed by atoms with Crippen molar-refractivity contribution in [1.29, 1.82) is 0 Å². The molecule has 0 N–H and O–H groups in total. The Balaban J connectivity index is 3.29. The van der Waals surface area contributed by atoms with Crippen LogP contribution in [-0.2, 0) is 0 Å². The normalized spacial score (nSPS) is 11.1. The van der Waals surface area contributed by atoms with Crippen molar-refractivity contribution in [2.24, 2.45) is 0 Å². The second kappa shape index (κ2) is 4.89. The largest absolute Gasteiger partial charge is 0.574 e. The van der Waals surface area contributed by atoms with E-state index < -0.39 is 22.9 Å². The second-order valence-electron chi connectivity index (χ2n) is 2.61. The summed E-state index contributed by atoms with van der Waals surface area (Å²) in [6.07, 6.45) is -5.06. The zero-order valence-corrected chi connectivity index (χ0v) is 10.3. The Hall–Kier alpha value is -1.33. The summed E-state index contributed by atoms with van der Waals surface area (Å²) in [4.78, 5) is 12.8. The van der Waals surface area contributed by atoms with Gasteiger partial charge in [-0.05, 0) is 22.6 Å². The van der Waals surface area contributed by atoms with E-state index in [1.807, 2.05) is 0 Å². The summed E-state index contributed by atoms with van der Waals surface area (Å²) in [5, 5.41) is 10.5. The van der Waals surface area contributed by atoms with E-state index in [4.69, 9.17) is 0 Å². The van der Waals surface area contributed by atoms with Crippen LogP contribution in [-0.4, -0.2) is 23.4 Å². The van der Waals surface area contributed by atoms with Crippen molar-refractivity contribution in [3.63, 3.8) is 0 Å². The molecular weight excluding hydrogens is 360 g/mol. The molecule has 0 atom stereocenters. The highest BCUT2D eigenvalue weighted by molar-refractivity contribution is 14.1. The topological polar surface area (TPSA) is 74.5 Å². The first-order valence-electron chi connectivity index (χ1n) is 3.89. The van der Waals surface area contributed by atoms with E-state index in [-0.39, 0.29) is 9.45 Å². The molecule has 0 spiro atoms. The zero-order chi connectivity index (χ0) is 13.2. The lowest BCUT2D eigenvalue weighted by Gasteiger charge is -2.09. The molecule has 17 heavy (non-hydrogen) atoms. The molecule has 0 bridgehead atoms. The standard InChI is InChI=1S/C7H4F3IN2O4/c1-16-5-3(11)2-4(13(14)15)6(12-5)17-7(8,9)10/h2H,1H3. The van der Waals surface area contributed by atoms with Crippen LogP contribution in [0.3, 0.4) is 0 Å². The van der Waals surface area contributed by atoms with E-state index in [2.05, 4.69) is 14.5 Å². The number of pyridine rings is 1. The van der Waals surface area contributed by atoms with E-state index >= 15 is 0 Å². The van der Waals surface area contributed by atoms with Crippen LogP contribution < -0.4 is 9.47 Å². The van der Waals surface area contributed by atoms with Gasteiger partial charge in [-0.1, -0.05) is 0 Å². The van der Waals surface area contributed by atoms with E-state index in [1.54, 1.807) is 22.6 Å². The minimum atomic E-state index is -5.06. The van der Waals surface area contributed by atoms with Crippen molar-refractivity contribution in [3.8, 4) is 11.8 Å². The minimum absolute atomic E-state index is 0.185. The SMILES string of the molecule is COc1nc(OC(F)(F)F)c([N+](=O)[O-])cc1I. The number of aromatic nitrogens is 1. The molecule has 0 amide bonds. The summed E-state index contributed by atoms with van der Waals surface area (Å²) >= 11 is 1.64. The van der Waals surface area contributed by atoms with Crippen molar-refractivity contribution in [1.82, 2.24) is 4.98 Å². The third-order valence-electron chi connectivity index (χ3n) is 1.49. The van der Waals surface area contributed by atoms with Crippen LogP contribution in [0, 0.1) is 13.7 Å². The van der Waals surface area contributed by atoms with Gasteiger partial charge in [-0.15, -0.1) is 13.2 Å². The Morgan fingerprint density at radius 2 is 2.06 bits per heavy atom. The quantitative estimate of drug-likeness (QED) is 0.468. The second-order valence-corrected chi connectivity index (χ2v) is 3.77. The maximum absolute atomic E-state index is 12.0. The summed E-state index contributed by atoms with van der Waals surface area (Å²) in [5.41, 5.74) is -0.882. The van der Waals surface area contributed by atoms with Gasteiger partial charge in [0.25, 0.3) is 0 Å². The third-order valence-corrected chi connectivity index (χ3v) is 2.27. The van der Waals surface area contributed by atoms with Crippen molar-refractivity contribution in [2.45, 2.75) is 6.36 Å². The molecule has 0 aliphatic heterocycles. The van der Waals surface area contributed by atoms with Crippen LogP contribution in [0.2, 0.25) is 0 Å². The van der Waals surface area contributed by atoms with Crippen LogP contribution in [0.25, 0.3) is 0 Å². The van der Waals surface area contributed by atoms with Crippen molar-refractivity contribution in [2.75, 3.05) is 7.11 Å². The number of nitro groups is 1. The molecule has 94 valence electrons. The molecule has 0 aliphatic rings. The highest BCUT2D eigenvalue weighted by Crippen LogP contribution is 2.34. The first-order chi connectivity index (χ1) is 7.74. The summed E-state index contributed by atoms with van der Waals surface area (Å²) in [6, 6.07) is 0.882. The molecule has 1 aromatic heterocycles. The molecule has 6 nitrogen and oxygen atoms in total. The highest BCUT2D eigenvalue weighted by Gasteiger charge is 2.36. The molecular formula is C7H4F3IN2O4. The molecule has 0 aliphatic carbocycles. The fourth-order valence-electron chi connectivity index (χ4n) is 0.905. The first kappa shape index (κ1) is 13.7. The fourth-order valence-corrected chi connectivity index (χ4v) is 1.54. The van der Waals surface area contributed by atoms with Gasteiger partial charge in [-0.3, -0.25) is 10.1 Å². The molecule has 1 aromatic rings. The van der Waals surface area contributed by atoms with Gasteiger partial charge in [0.15, 0.2) is 0 Å². The van der Waals surface area contributed by atoms with E-state index in [0.29, 0.717) is 0 Å². The van der Waals surface area contributed by atoms with Crippen molar-refractivity contribution < 1.29 is 27.6 Å². The van der Waals surface area contributed by atoms with Gasteiger partial charge < -0.3 is 9.47 Å². The first-order valence-corrected chi connectivity index (χ1v) is 4.97. The smallest absolute Gasteiger partial charge is 0.480 e. The average molecular weight is 364 g/mol. The molecule has 0 unspecified atom stereocenters. The number of hydrogen-bond donors (Lipinski definition) is 0. The maximum Gasteiger partial charge on any atom is 0.574 e. The lowest BCUT2D eigenvalue weighted by atomic mass is 10.4. The van der Waals surface area contributed by atoms with Crippen LogP contribution in [0.4, 0.5) is 18.9 Å². The fraction of sp³-hybridized carbons (Fsp3) is 0.286. The predicted octanol–water partition coefficient (Wildman–Crippen LogP) is 2.50. The third kappa shape index (κ3) is 3.57. The Bertz CT molecular complexity index is 451. The van der Waals surface area contributed by atoms with Gasteiger partial charge in [-0.2, -0.15) is 4.98 Å². The van der Waals surface area contributed by atoms with Crippen molar-refractivity contribution >= 4 is 28.3 Å². The molecule has 10 heteroatoms. The monoisotopic (exact) mass is 364 g/mol. The summed E-state index contributed by atoms with van der Waals surface area (Å²) < 4.78 is 44.3. The van der Waals surface area contributed by atoms with Crippen LogP contribution in [0.15, 0.2) is 6.07 Å². The number of ether oxygens (including phenoxy) is 2. The Labute approximate surface area is 106 Å². The molecule has 1 heterocycles. The Morgan fingerprint density at radius 1 is 1.47 bits per heavy atom. The predicted molar refractivity (Wildman–Crippen MR) is 56.8 cm³/mol.